The number of carbonyl (C=O) groups excluding carboxylic acids is 1. The van der Waals surface area contributed by atoms with Gasteiger partial charge in [-0.1, -0.05) is 43.0 Å². The molecule has 3 rings (SSSR count). The fourth-order valence-electron chi connectivity index (χ4n) is 3.36. The third kappa shape index (κ3) is 4.49. The predicted octanol–water partition coefficient (Wildman–Crippen LogP) is 5.31. The van der Waals surface area contributed by atoms with Crippen LogP contribution < -0.4 is 4.90 Å². The second-order valence-electron chi connectivity index (χ2n) is 6.82. The van der Waals surface area contributed by atoms with E-state index in [4.69, 9.17) is 16.6 Å². The number of nitrogens with zero attached hydrogens (tertiary/aromatic N) is 2. The van der Waals surface area contributed by atoms with E-state index in [1.54, 1.807) is 54.4 Å². The van der Waals surface area contributed by atoms with E-state index in [0.717, 1.165) is 22.4 Å². The molecule has 0 saturated carbocycles. The fraction of sp³-hybridized carbons (Fsp3) is 0.167. The van der Waals surface area contributed by atoms with Crippen LogP contribution >= 0.6 is 11.6 Å². The van der Waals surface area contributed by atoms with E-state index < -0.39 is 6.04 Å². The lowest BCUT2D eigenvalue weighted by molar-refractivity contribution is -0.119. The molecule has 29 heavy (non-hydrogen) atoms. The number of halogens is 1. The smallest absolute Gasteiger partial charge is 0.251 e. The van der Waals surface area contributed by atoms with Crippen molar-refractivity contribution in [1.29, 1.82) is 0 Å². The minimum Gasteiger partial charge on any atom is -0.508 e. The van der Waals surface area contributed by atoms with E-state index in [1.807, 2.05) is 18.2 Å². The first kappa shape index (κ1) is 20.6. The van der Waals surface area contributed by atoms with E-state index in [0.29, 0.717) is 23.6 Å². The number of anilines is 1. The van der Waals surface area contributed by atoms with Crippen LogP contribution in [0, 0.1) is 0 Å². The van der Waals surface area contributed by atoms with Gasteiger partial charge in [0, 0.05) is 23.2 Å². The molecular formula is C24H23ClN2O2. The quantitative estimate of drug-likeness (QED) is 0.661. The third-order valence-electron chi connectivity index (χ3n) is 4.92. The van der Waals surface area contributed by atoms with Gasteiger partial charge in [-0.25, -0.2) is 0 Å². The number of aliphatic imine (C=N–C) groups is 1. The van der Waals surface area contributed by atoms with Crippen molar-refractivity contribution in [2.75, 3.05) is 11.9 Å². The summed E-state index contributed by atoms with van der Waals surface area (Å²) in [6, 6.07) is 11.7. The fourth-order valence-corrected chi connectivity index (χ4v) is 3.53. The van der Waals surface area contributed by atoms with Crippen LogP contribution in [0.4, 0.5) is 5.69 Å². The van der Waals surface area contributed by atoms with Crippen molar-refractivity contribution in [1.82, 2.24) is 0 Å². The summed E-state index contributed by atoms with van der Waals surface area (Å²) in [5, 5.41) is 10.2. The van der Waals surface area contributed by atoms with Crippen molar-refractivity contribution >= 4 is 28.9 Å². The Balaban J connectivity index is 2.10. The number of amides is 1. The van der Waals surface area contributed by atoms with Crippen LogP contribution in [0.25, 0.3) is 0 Å². The Morgan fingerprint density at radius 2 is 1.97 bits per heavy atom. The molecule has 0 aromatic heterocycles. The van der Waals surface area contributed by atoms with Crippen molar-refractivity contribution in [3.05, 3.63) is 95.6 Å². The van der Waals surface area contributed by atoms with Crippen LogP contribution in [0.2, 0.25) is 5.02 Å². The highest BCUT2D eigenvalue weighted by Crippen LogP contribution is 2.31. The molecule has 2 aromatic carbocycles. The van der Waals surface area contributed by atoms with Crippen molar-refractivity contribution in [3.8, 4) is 5.75 Å². The number of benzodiazepines with no additional fused rings is 1. The molecule has 1 atom stereocenters. The SMILES string of the molecule is C=C/C=C(\C=C)CCC1N=C(c2ccc(O)cc2)c2cc(Cl)ccc2N(C)C1=O. The number of hydrogen-bond acceptors (Lipinski definition) is 3. The Morgan fingerprint density at radius 1 is 1.24 bits per heavy atom. The molecule has 1 aliphatic rings. The standard InChI is InChI=1S/C24H23ClN2O2/c1-4-6-16(5-2)7-13-21-24(29)27(3)22-14-10-18(25)15-20(22)23(26-21)17-8-11-19(28)12-9-17/h4-6,8-12,14-15,21,28H,1-2,7,13H2,3H3/b16-6+. The highest BCUT2D eigenvalue weighted by Gasteiger charge is 2.30. The van der Waals surface area contributed by atoms with Crippen LogP contribution in [0.3, 0.4) is 0 Å². The zero-order valence-corrected chi connectivity index (χ0v) is 17.1. The molecular weight excluding hydrogens is 384 g/mol. The van der Waals surface area contributed by atoms with Gasteiger partial charge in [-0.3, -0.25) is 9.79 Å². The summed E-state index contributed by atoms with van der Waals surface area (Å²) in [6.45, 7) is 7.54. The average molecular weight is 407 g/mol. The molecule has 0 spiro atoms. The number of phenols is 1. The maximum absolute atomic E-state index is 13.2. The van der Waals surface area contributed by atoms with Crippen LogP contribution in [-0.2, 0) is 4.79 Å². The number of hydrogen-bond donors (Lipinski definition) is 1. The first-order valence-electron chi connectivity index (χ1n) is 9.33. The number of rotatable bonds is 6. The van der Waals surface area contributed by atoms with E-state index in [-0.39, 0.29) is 11.7 Å². The molecule has 148 valence electrons. The summed E-state index contributed by atoms with van der Waals surface area (Å²) < 4.78 is 0. The summed E-state index contributed by atoms with van der Waals surface area (Å²) >= 11 is 6.26. The zero-order valence-electron chi connectivity index (χ0n) is 16.3. The first-order chi connectivity index (χ1) is 13.9. The molecule has 1 heterocycles. The molecule has 0 radical (unpaired) electrons. The van der Waals surface area contributed by atoms with E-state index in [2.05, 4.69) is 13.2 Å². The van der Waals surface area contributed by atoms with Crippen molar-refractivity contribution in [2.24, 2.45) is 4.99 Å². The molecule has 1 unspecified atom stereocenters. The molecule has 0 saturated heterocycles. The van der Waals surface area contributed by atoms with Gasteiger partial charge >= 0.3 is 0 Å². The van der Waals surface area contributed by atoms with Gasteiger partial charge in [0.2, 0.25) is 0 Å². The Kier molecular flexibility index (Phi) is 6.35. The Bertz CT molecular complexity index is 1010. The van der Waals surface area contributed by atoms with Gasteiger partial charge in [0.05, 0.1) is 11.4 Å². The molecule has 1 N–H and O–H groups in total. The number of allylic oxidation sites excluding steroid dienone is 4. The Labute approximate surface area is 176 Å². The summed E-state index contributed by atoms with van der Waals surface area (Å²) in [7, 11) is 1.76. The molecule has 2 aromatic rings. The van der Waals surface area contributed by atoms with E-state index in [1.165, 1.54) is 0 Å². The largest absolute Gasteiger partial charge is 0.508 e. The van der Waals surface area contributed by atoms with Gasteiger partial charge in [-0.15, -0.1) is 0 Å². The number of phenolic OH excluding ortho intramolecular Hbond substituents is 1. The number of benzene rings is 2. The lowest BCUT2D eigenvalue weighted by Crippen LogP contribution is -2.34. The summed E-state index contributed by atoms with van der Waals surface area (Å²) in [6.07, 6.45) is 6.56. The van der Waals surface area contributed by atoms with Gasteiger partial charge in [-0.05, 0) is 60.9 Å². The van der Waals surface area contributed by atoms with Gasteiger partial charge in [-0.2, -0.15) is 0 Å². The molecule has 1 aliphatic heterocycles. The Morgan fingerprint density at radius 3 is 2.62 bits per heavy atom. The monoisotopic (exact) mass is 406 g/mol. The molecule has 0 fully saturated rings. The lowest BCUT2D eigenvalue weighted by Gasteiger charge is -2.20. The molecule has 4 nitrogen and oxygen atoms in total. The highest BCUT2D eigenvalue weighted by atomic mass is 35.5. The van der Waals surface area contributed by atoms with Crippen LogP contribution in [-0.4, -0.2) is 29.8 Å². The van der Waals surface area contributed by atoms with Gasteiger partial charge in [0.1, 0.15) is 11.8 Å². The van der Waals surface area contributed by atoms with Gasteiger partial charge in [0.25, 0.3) is 5.91 Å². The van der Waals surface area contributed by atoms with Crippen molar-refractivity contribution in [3.63, 3.8) is 0 Å². The van der Waals surface area contributed by atoms with Crippen molar-refractivity contribution in [2.45, 2.75) is 18.9 Å². The van der Waals surface area contributed by atoms with Crippen LogP contribution in [0.15, 0.2) is 84.4 Å². The molecule has 5 heteroatoms. The number of likely N-dealkylation sites (N-methyl/N-ethyl adjacent to an activating group) is 1. The minimum atomic E-state index is -0.553. The maximum Gasteiger partial charge on any atom is 0.251 e. The van der Waals surface area contributed by atoms with Gasteiger partial charge in [0.15, 0.2) is 0 Å². The topological polar surface area (TPSA) is 52.9 Å². The Hall–Kier alpha value is -3.11. The lowest BCUT2D eigenvalue weighted by atomic mass is 10.00. The number of aromatic hydroxyl groups is 1. The number of carbonyl (C=O) groups is 1. The van der Waals surface area contributed by atoms with Crippen LogP contribution in [0.1, 0.15) is 24.0 Å². The molecule has 0 aliphatic carbocycles. The average Bonchev–Trinajstić information content (AvgIpc) is 2.81. The maximum atomic E-state index is 13.2. The second kappa shape index (κ2) is 8.93. The summed E-state index contributed by atoms with van der Waals surface area (Å²) in [5.41, 5.74) is 4.02. The van der Waals surface area contributed by atoms with Gasteiger partial charge < -0.3 is 10.0 Å². The molecule has 1 amide bonds. The highest BCUT2D eigenvalue weighted by molar-refractivity contribution is 6.32. The zero-order chi connectivity index (χ0) is 21.0. The second-order valence-corrected chi connectivity index (χ2v) is 7.26. The molecule has 0 bridgehead atoms. The van der Waals surface area contributed by atoms with Crippen molar-refractivity contribution < 1.29 is 9.90 Å². The van der Waals surface area contributed by atoms with Crippen LogP contribution in [0.5, 0.6) is 5.75 Å². The number of fused-ring (bicyclic) bond motifs is 1. The van der Waals surface area contributed by atoms with E-state index in [9.17, 15) is 9.90 Å². The minimum absolute atomic E-state index is 0.0793. The summed E-state index contributed by atoms with van der Waals surface area (Å²) in [4.78, 5) is 19.7. The predicted molar refractivity (Wildman–Crippen MR) is 120 cm³/mol. The van der Waals surface area contributed by atoms with E-state index >= 15 is 0 Å². The summed E-state index contributed by atoms with van der Waals surface area (Å²) in [5.74, 6) is 0.0913. The normalized spacial score (nSPS) is 16.7. The third-order valence-corrected chi connectivity index (χ3v) is 5.15. The first-order valence-corrected chi connectivity index (χ1v) is 9.71.